The smallest absolute Gasteiger partial charge is 0.240 e. The molecule has 0 aliphatic carbocycles. The summed E-state index contributed by atoms with van der Waals surface area (Å²) in [6, 6.07) is 2.60. The first kappa shape index (κ1) is 16.4. The molecule has 1 aromatic heterocycles. The highest BCUT2D eigenvalue weighted by Gasteiger charge is 2.16. The fourth-order valence-corrected chi connectivity index (χ4v) is 2.51. The molecule has 1 heterocycles. The Balaban J connectivity index is 2.55. The molecular formula is C12H20N4O3S. The number of pyridine rings is 1. The third-order valence-corrected chi connectivity index (χ3v) is 3.68. The van der Waals surface area contributed by atoms with Crippen LogP contribution >= 0.6 is 0 Å². The van der Waals surface area contributed by atoms with E-state index in [1.165, 1.54) is 18.3 Å². The van der Waals surface area contributed by atoms with Crippen molar-refractivity contribution in [2.24, 2.45) is 0 Å². The third-order valence-electron chi connectivity index (χ3n) is 2.22. The summed E-state index contributed by atoms with van der Waals surface area (Å²) in [5.74, 6) is -0.0900. The van der Waals surface area contributed by atoms with Gasteiger partial charge in [-0.25, -0.2) is 18.1 Å². The Labute approximate surface area is 119 Å². The van der Waals surface area contributed by atoms with Crippen LogP contribution in [0.1, 0.15) is 27.2 Å². The number of anilines is 1. The molecule has 4 N–H and O–H groups in total. The summed E-state index contributed by atoms with van der Waals surface area (Å²) in [5.41, 5.74) is 5.10. The molecule has 0 saturated heterocycles. The van der Waals surface area contributed by atoms with Gasteiger partial charge in [0.2, 0.25) is 15.9 Å². The van der Waals surface area contributed by atoms with Crippen molar-refractivity contribution in [3.05, 3.63) is 18.3 Å². The molecule has 112 valence electrons. The van der Waals surface area contributed by atoms with Gasteiger partial charge in [-0.05, 0) is 26.8 Å². The van der Waals surface area contributed by atoms with Crippen molar-refractivity contribution in [3.8, 4) is 0 Å². The Morgan fingerprint density at radius 1 is 1.40 bits per heavy atom. The number of aromatic nitrogens is 1. The van der Waals surface area contributed by atoms with Gasteiger partial charge in [-0.2, -0.15) is 0 Å². The molecule has 8 heteroatoms. The van der Waals surface area contributed by atoms with E-state index in [1.807, 2.05) is 20.8 Å². The minimum absolute atomic E-state index is 0.0203. The molecule has 0 aromatic carbocycles. The molecule has 1 amide bonds. The molecule has 1 aromatic rings. The fraction of sp³-hybridized carbons (Fsp3) is 0.500. The predicted octanol–water partition coefficient (Wildman–Crippen LogP) is 0.247. The Morgan fingerprint density at radius 3 is 2.60 bits per heavy atom. The molecule has 0 atom stereocenters. The second-order valence-corrected chi connectivity index (χ2v) is 7.13. The standard InChI is InChI=1S/C12H20N4O3S/c1-12(2,3)16-11(17)5-7-15-20(18,19)9-4-6-14-10(13)8-9/h4,6,8,15H,5,7H2,1-3H3,(H2,13,14)(H,16,17). The second kappa shape index (κ2) is 6.19. The first-order chi connectivity index (χ1) is 9.10. The minimum Gasteiger partial charge on any atom is -0.384 e. The lowest BCUT2D eigenvalue weighted by Crippen LogP contribution is -2.41. The number of hydrogen-bond donors (Lipinski definition) is 3. The molecule has 0 radical (unpaired) electrons. The number of carbonyl (C=O) groups is 1. The van der Waals surface area contributed by atoms with Gasteiger partial charge < -0.3 is 11.1 Å². The normalized spacial score (nSPS) is 12.2. The number of sulfonamides is 1. The summed E-state index contributed by atoms with van der Waals surface area (Å²) in [4.78, 5) is 15.3. The third kappa shape index (κ3) is 5.54. The van der Waals surface area contributed by atoms with Crippen LogP contribution in [0.25, 0.3) is 0 Å². The van der Waals surface area contributed by atoms with Gasteiger partial charge in [-0.15, -0.1) is 0 Å². The molecule has 0 spiro atoms. The number of nitrogens with zero attached hydrogens (tertiary/aromatic N) is 1. The van der Waals surface area contributed by atoms with Gasteiger partial charge >= 0.3 is 0 Å². The molecule has 0 saturated carbocycles. The van der Waals surface area contributed by atoms with Crippen LogP contribution in [-0.4, -0.2) is 31.4 Å². The quantitative estimate of drug-likeness (QED) is 0.721. The van der Waals surface area contributed by atoms with E-state index in [0.29, 0.717) is 0 Å². The van der Waals surface area contributed by atoms with Crippen LogP contribution in [0.5, 0.6) is 0 Å². The highest BCUT2D eigenvalue weighted by molar-refractivity contribution is 7.89. The number of hydrogen-bond acceptors (Lipinski definition) is 5. The lowest BCUT2D eigenvalue weighted by atomic mass is 10.1. The van der Waals surface area contributed by atoms with E-state index in [1.54, 1.807) is 0 Å². The van der Waals surface area contributed by atoms with Crippen molar-refractivity contribution >= 4 is 21.7 Å². The zero-order chi connectivity index (χ0) is 15.4. The van der Waals surface area contributed by atoms with Crippen molar-refractivity contribution in [1.82, 2.24) is 15.0 Å². The van der Waals surface area contributed by atoms with Crippen LogP contribution in [0.3, 0.4) is 0 Å². The van der Waals surface area contributed by atoms with E-state index in [2.05, 4.69) is 15.0 Å². The maximum absolute atomic E-state index is 11.9. The Kier molecular flexibility index (Phi) is 5.07. The molecule has 0 aliphatic heterocycles. The average molecular weight is 300 g/mol. The summed E-state index contributed by atoms with van der Waals surface area (Å²) in [6.45, 7) is 5.59. The van der Waals surface area contributed by atoms with Crippen molar-refractivity contribution in [2.75, 3.05) is 12.3 Å². The van der Waals surface area contributed by atoms with Gasteiger partial charge in [0.15, 0.2) is 0 Å². The van der Waals surface area contributed by atoms with E-state index in [0.717, 1.165) is 0 Å². The minimum atomic E-state index is -3.67. The van der Waals surface area contributed by atoms with Crippen LogP contribution in [-0.2, 0) is 14.8 Å². The molecule has 1 rings (SSSR count). The molecule has 0 aliphatic rings. The summed E-state index contributed by atoms with van der Waals surface area (Å²) < 4.78 is 26.2. The topological polar surface area (TPSA) is 114 Å². The number of nitrogens with two attached hydrogens (primary N) is 1. The number of rotatable bonds is 5. The molecule has 0 bridgehead atoms. The van der Waals surface area contributed by atoms with Gasteiger partial charge in [-0.3, -0.25) is 4.79 Å². The van der Waals surface area contributed by atoms with Crippen LogP contribution in [0.4, 0.5) is 5.82 Å². The van der Waals surface area contributed by atoms with E-state index >= 15 is 0 Å². The zero-order valence-electron chi connectivity index (χ0n) is 11.8. The number of amides is 1. The van der Waals surface area contributed by atoms with Gasteiger partial charge in [0.05, 0.1) is 4.90 Å². The average Bonchev–Trinajstić information content (AvgIpc) is 2.26. The van der Waals surface area contributed by atoms with Gasteiger partial charge in [0.1, 0.15) is 5.82 Å². The summed E-state index contributed by atoms with van der Waals surface area (Å²) in [6.07, 6.45) is 1.38. The van der Waals surface area contributed by atoms with Crippen molar-refractivity contribution < 1.29 is 13.2 Å². The Hall–Kier alpha value is -1.67. The Morgan fingerprint density at radius 2 is 2.05 bits per heavy atom. The van der Waals surface area contributed by atoms with E-state index < -0.39 is 10.0 Å². The van der Waals surface area contributed by atoms with E-state index in [9.17, 15) is 13.2 Å². The van der Waals surface area contributed by atoms with E-state index in [4.69, 9.17) is 5.73 Å². The summed E-state index contributed by atoms with van der Waals surface area (Å²) in [5, 5.41) is 2.75. The maximum Gasteiger partial charge on any atom is 0.240 e. The fourth-order valence-electron chi connectivity index (χ4n) is 1.46. The summed E-state index contributed by atoms with van der Waals surface area (Å²) >= 11 is 0. The molecule has 20 heavy (non-hydrogen) atoms. The predicted molar refractivity (Wildman–Crippen MR) is 76.4 cm³/mol. The van der Waals surface area contributed by atoms with Crippen LogP contribution < -0.4 is 15.8 Å². The highest BCUT2D eigenvalue weighted by atomic mass is 32.2. The van der Waals surface area contributed by atoms with Crippen LogP contribution in [0.2, 0.25) is 0 Å². The van der Waals surface area contributed by atoms with Crippen molar-refractivity contribution in [2.45, 2.75) is 37.6 Å². The van der Waals surface area contributed by atoms with E-state index in [-0.39, 0.29) is 35.1 Å². The number of nitrogens with one attached hydrogen (secondary N) is 2. The maximum atomic E-state index is 11.9. The number of carbonyl (C=O) groups excluding carboxylic acids is 1. The van der Waals surface area contributed by atoms with Gasteiger partial charge in [-0.1, -0.05) is 0 Å². The van der Waals surface area contributed by atoms with Gasteiger partial charge in [0.25, 0.3) is 0 Å². The lowest BCUT2D eigenvalue weighted by molar-refractivity contribution is -0.122. The zero-order valence-corrected chi connectivity index (χ0v) is 12.6. The van der Waals surface area contributed by atoms with Crippen LogP contribution in [0.15, 0.2) is 23.2 Å². The monoisotopic (exact) mass is 300 g/mol. The summed E-state index contributed by atoms with van der Waals surface area (Å²) in [7, 11) is -3.67. The van der Waals surface area contributed by atoms with Crippen LogP contribution in [0, 0.1) is 0 Å². The second-order valence-electron chi connectivity index (χ2n) is 5.36. The first-order valence-electron chi connectivity index (χ1n) is 6.12. The molecule has 0 fully saturated rings. The van der Waals surface area contributed by atoms with Crippen molar-refractivity contribution in [1.29, 1.82) is 0 Å². The molecule has 7 nitrogen and oxygen atoms in total. The first-order valence-corrected chi connectivity index (χ1v) is 7.61. The molecule has 0 unspecified atom stereocenters. The Bertz CT molecular complexity index is 579. The SMILES string of the molecule is CC(C)(C)NC(=O)CCNS(=O)(=O)c1ccnc(N)c1. The van der Waals surface area contributed by atoms with Crippen molar-refractivity contribution in [3.63, 3.8) is 0 Å². The highest BCUT2D eigenvalue weighted by Crippen LogP contribution is 2.10. The molecular weight excluding hydrogens is 280 g/mol. The lowest BCUT2D eigenvalue weighted by Gasteiger charge is -2.20. The number of nitrogen functional groups attached to an aromatic ring is 1. The van der Waals surface area contributed by atoms with Gasteiger partial charge in [0, 0.05) is 30.8 Å². The largest absolute Gasteiger partial charge is 0.384 e.